The second-order valence-electron chi connectivity index (χ2n) is 4.94. The zero-order chi connectivity index (χ0) is 14.8. The quantitative estimate of drug-likeness (QED) is 0.811. The topological polar surface area (TPSA) is 30.7 Å². The van der Waals surface area contributed by atoms with Crippen molar-refractivity contribution in [2.24, 2.45) is 0 Å². The highest BCUT2D eigenvalue weighted by Crippen LogP contribution is 2.30. The van der Waals surface area contributed by atoms with Crippen molar-refractivity contribution in [3.8, 4) is 17.2 Å². The van der Waals surface area contributed by atoms with E-state index in [1.165, 1.54) is 0 Å². The lowest BCUT2D eigenvalue weighted by molar-refractivity contribution is -0.476. The maximum Gasteiger partial charge on any atom is 0.292 e. The van der Waals surface area contributed by atoms with Crippen LogP contribution in [0.4, 0.5) is 5.69 Å². The number of nitrogens with zero attached hydrogens (tertiary/aromatic N) is 1. The minimum Gasteiger partial charge on any atom is -0.496 e. The van der Waals surface area contributed by atoms with Gasteiger partial charge in [-0.2, -0.15) is 4.58 Å². The van der Waals surface area contributed by atoms with Gasteiger partial charge in [0, 0.05) is 6.07 Å². The Balaban J connectivity index is 2.05. The molecular formula is C17H18NO3+. The molecule has 0 amide bonds. The van der Waals surface area contributed by atoms with Gasteiger partial charge in [0.05, 0.1) is 31.9 Å². The first-order chi connectivity index (χ1) is 10.2. The van der Waals surface area contributed by atoms with Gasteiger partial charge in [-0.1, -0.05) is 12.1 Å². The summed E-state index contributed by atoms with van der Waals surface area (Å²) in [6, 6.07) is 11.9. The largest absolute Gasteiger partial charge is 0.496 e. The van der Waals surface area contributed by atoms with Crippen LogP contribution in [0.3, 0.4) is 0 Å². The van der Waals surface area contributed by atoms with Gasteiger partial charge in [-0.15, -0.1) is 0 Å². The predicted molar refractivity (Wildman–Crippen MR) is 81.3 cm³/mol. The van der Waals surface area contributed by atoms with E-state index in [-0.39, 0.29) is 0 Å². The van der Waals surface area contributed by atoms with E-state index < -0.39 is 0 Å². The Morgan fingerprint density at radius 2 is 1.76 bits per heavy atom. The van der Waals surface area contributed by atoms with Crippen LogP contribution in [0.15, 0.2) is 36.4 Å². The standard InChI is InChI=1S/C17H18NO3/c1-12-5-4-6-13-10-18(11-21-17(12)13)14-7-15(19-2)9-16(8-14)20-3/h4-10H,11H2,1-3H3/q+1. The number of aryl methyl sites for hydroxylation is 1. The lowest BCUT2D eigenvalue weighted by Gasteiger charge is -2.16. The molecule has 1 aliphatic rings. The first-order valence-corrected chi connectivity index (χ1v) is 6.78. The molecule has 21 heavy (non-hydrogen) atoms. The van der Waals surface area contributed by atoms with E-state index >= 15 is 0 Å². The molecule has 0 aromatic heterocycles. The van der Waals surface area contributed by atoms with Crippen LogP contribution in [0.25, 0.3) is 0 Å². The van der Waals surface area contributed by atoms with E-state index in [4.69, 9.17) is 14.2 Å². The summed E-state index contributed by atoms with van der Waals surface area (Å²) in [4.78, 5) is 0. The molecule has 0 radical (unpaired) electrons. The molecule has 0 bridgehead atoms. The lowest BCUT2D eigenvalue weighted by atomic mass is 10.1. The Bertz CT molecular complexity index is 685. The van der Waals surface area contributed by atoms with E-state index in [0.29, 0.717) is 6.73 Å². The number of hydrogen-bond acceptors (Lipinski definition) is 3. The van der Waals surface area contributed by atoms with E-state index in [1.54, 1.807) is 14.2 Å². The average Bonchev–Trinajstić information content (AvgIpc) is 2.54. The van der Waals surface area contributed by atoms with Crippen molar-refractivity contribution >= 4 is 11.9 Å². The van der Waals surface area contributed by atoms with Crippen molar-refractivity contribution < 1.29 is 18.8 Å². The summed E-state index contributed by atoms with van der Waals surface area (Å²) < 4.78 is 18.5. The number of fused-ring (bicyclic) bond motifs is 1. The molecule has 0 fully saturated rings. The maximum absolute atomic E-state index is 5.88. The minimum absolute atomic E-state index is 0.466. The summed E-state index contributed by atoms with van der Waals surface area (Å²) in [5, 5.41) is 0. The highest BCUT2D eigenvalue weighted by Gasteiger charge is 2.21. The van der Waals surface area contributed by atoms with Crippen molar-refractivity contribution in [2.75, 3.05) is 21.0 Å². The molecule has 0 saturated heterocycles. The molecule has 4 nitrogen and oxygen atoms in total. The van der Waals surface area contributed by atoms with Gasteiger partial charge in [0.25, 0.3) is 6.73 Å². The number of methoxy groups -OCH3 is 2. The minimum atomic E-state index is 0.466. The Morgan fingerprint density at radius 1 is 1.05 bits per heavy atom. The van der Waals surface area contributed by atoms with E-state index in [9.17, 15) is 0 Å². The summed E-state index contributed by atoms with van der Waals surface area (Å²) >= 11 is 0. The van der Waals surface area contributed by atoms with E-state index in [1.807, 2.05) is 34.9 Å². The third-order valence-electron chi connectivity index (χ3n) is 3.55. The van der Waals surface area contributed by atoms with Crippen LogP contribution in [0, 0.1) is 6.92 Å². The molecule has 108 valence electrons. The fraction of sp³-hybridized carbons (Fsp3) is 0.235. The summed E-state index contributed by atoms with van der Waals surface area (Å²) in [5.74, 6) is 2.46. The fourth-order valence-corrected chi connectivity index (χ4v) is 2.42. The predicted octanol–water partition coefficient (Wildman–Crippen LogP) is 3.13. The number of ether oxygens (including phenoxy) is 3. The molecule has 0 unspecified atom stereocenters. The highest BCUT2D eigenvalue weighted by molar-refractivity contribution is 5.82. The van der Waals surface area contributed by atoms with Crippen molar-refractivity contribution in [2.45, 2.75) is 6.92 Å². The Morgan fingerprint density at radius 3 is 2.43 bits per heavy atom. The smallest absolute Gasteiger partial charge is 0.292 e. The van der Waals surface area contributed by atoms with Gasteiger partial charge in [0.1, 0.15) is 17.2 Å². The number of benzene rings is 2. The van der Waals surface area contributed by atoms with E-state index in [0.717, 1.165) is 34.1 Å². The van der Waals surface area contributed by atoms with Crippen LogP contribution in [0.5, 0.6) is 17.2 Å². The average molecular weight is 284 g/mol. The molecular weight excluding hydrogens is 266 g/mol. The molecule has 0 spiro atoms. The van der Waals surface area contributed by atoms with Gasteiger partial charge >= 0.3 is 0 Å². The fourth-order valence-electron chi connectivity index (χ4n) is 2.42. The number of para-hydroxylation sites is 1. The molecule has 4 heteroatoms. The molecule has 3 rings (SSSR count). The van der Waals surface area contributed by atoms with Crippen molar-refractivity contribution in [3.05, 3.63) is 47.5 Å². The van der Waals surface area contributed by atoms with Crippen molar-refractivity contribution in [1.82, 2.24) is 0 Å². The molecule has 0 N–H and O–H groups in total. The zero-order valence-corrected chi connectivity index (χ0v) is 12.4. The number of rotatable bonds is 3. The highest BCUT2D eigenvalue weighted by atomic mass is 16.5. The van der Waals surface area contributed by atoms with Crippen LogP contribution in [-0.4, -0.2) is 31.7 Å². The second kappa shape index (κ2) is 5.48. The van der Waals surface area contributed by atoms with Gasteiger partial charge in [0.2, 0.25) is 5.69 Å². The lowest BCUT2D eigenvalue weighted by Crippen LogP contribution is -2.21. The van der Waals surface area contributed by atoms with Gasteiger partial charge in [-0.25, -0.2) is 0 Å². The first kappa shape index (κ1) is 13.5. The first-order valence-electron chi connectivity index (χ1n) is 6.78. The van der Waals surface area contributed by atoms with Crippen molar-refractivity contribution in [3.63, 3.8) is 0 Å². The van der Waals surface area contributed by atoms with Gasteiger partial charge < -0.3 is 14.2 Å². The monoisotopic (exact) mass is 284 g/mol. The maximum atomic E-state index is 5.88. The van der Waals surface area contributed by atoms with Crippen LogP contribution in [0.1, 0.15) is 11.1 Å². The summed E-state index contributed by atoms with van der Waals surface area (Å²) in [6.07, 6.45) is 2.08. The molecule has 0 saturated carbocycles. The van der Waals surface area contributed by atoms with Crippen molar-refractivity contribution in [1.29, 1.82) is 0 Å². The van der Waals surface area contributed by atoms with Crippen LogP contribution in [-0.2, 0) is 0 Å². The second-order valence-corrected chi connectivity index (χ2v) is 4.94. The number of hydrogen-bond donors (Lipinski definition) is 0. The summed E-state index contributed by atoms with van der Waals surface area (Å²) in [5.41, 5.74) is 3.19. The third-order valence-corrected chi connectivity index (χ3v) is 3.55. The molecule has 1 aliphatic heterocycles. The Hall–Kier alpha value is -2.49. The normalized spacial score (nSPS) is 13.0. The molecule has 1 heterocycles. The molecule has 0 atom stereocenters. The Kier molecular flexibility index (Phi) is 3.52. The molecule has 2 aromatic carbocycles. The van der Waals surface area contributed by atoms with Crippen LogP contribution >= 0.6 is 0 Å². The molecule has 0 aliphatic carbocycles. The van der Waals surface area contributed by atoms with Gasteiger partial charge in [0.15, 0.2) is 6.21 Å². The van der Waals surface area contributed by atoms with E-state index in [2.05, 4.69) is 19.2 Å². The van der Waals surface area contributed by atoms with Gasteiger partial charge in [-0.3, -0.25) is 0 Å². The summed E-state index contributed by atoms with van der Waals surface area (Å²) in [7, 11) is 3.29. The Labute approximate surface area is 124 Å². The van der Waals surface area contributed by atoms with Crippen LogP contribution in [0.2, 0.25) is 0 Å². The third kappa shape index (κ3) is 2.57. The SMILES string of the molecule is COc1cc(OC)cc([N+]2=Cc3cccc(C)c3OC2)c1. The summed E-state index contributed by atoms with van der Waals surface area (Å²) in [6.45, 7) is 2.52. The van der Waals surface area contributed by atoms with Crippen LogP contribution < -0.4 is 14.2 Å². The molecule has 2 aromatic rings. The zero-order valence-electron chi connectivity index (χ0n) is 12.4. The van der Waals surface area contributed by atoms with Gasteiger partial charge in [-0.05, 0) is 18.6 Å².